The molecule has 1 saturated heterocycles. The van der Waals surface area contributed by atoms with E-state index >= 15 is 0 Å². The Labute approximate surface area is 107 Å². The number of anilines is 1. The Kier molecular flexibility index (Phi) is 2.88. The molecule has 0 amide bonds. The van der Waals surface area contributed by atoms with Gasteiger partial charge in [0.05, 0.1) is 50.0 Å². The lowest BCUT2D eigenvalue weighted by molar-refractivity contribution is -0.880. The van der Waals surface area contributed by atoms with Crippen molar-refractivity contribution < 1.29 is 4.90 Å². The third-order valence-corrected chi connectivity index (χ3v) is 3.64. The van der Waals surface area contributed by atoms with Crippen LogP contribution in [-0.2, 0) is 0 Å². The minimum atomic E-state index is 0.985. The van der Waals surface area contributed by atoms with Gasteiger partial charge in [0.2, 0.25) is 0 Å². The third-order valence-electron chi connectivity index (χ3n) is 3.64. The van der Waals surface area contributed by atoms with Gasteiger partial charge in [-0.3, -0.25) is 0 Å². The van der Waals surface area contributed by atoms with Crippen LogP contribution in [-0.4, -0.2) is 43.2 Å². The number of nitrogens with one attached hydrogen (secondary N) is 1. The minimum absolute atomic E-state index is 0.985. The van der Waals surface area contributed by atoms with E-state index in [0.717, 1.165) is 35.6 Å². The van der Waals surface area contributed by atoms with Crippen LogP contribution in [0.25, 0.3) is 11.0 Å². The summed E-state index contributed by atoms with van der Waals surface area (Å²) in [5, 5.41) is 0. The molecule has 1 aliphatic rings. The van der Waals surface area contributed by atoms with Crippen LogP contribution < -0.4 is 9.80 Å². The topological polar surface area (TPSA) is 33.5 Å². The zero-order valence-corrected chi connectivity index (χ0v) is 11.0. The summed E-state index contributed by atoms with van der Waals surface area (Å²) in [5.41, 5.74) is 3.01. The number of fused-ring (bicyclic) bond motifs is 1. The van der Waals surface area contributed by atoms with Gasteiger partial charge in [-0.2, -0.15) is 0 Å². The highest BCUT2D eigenvalue weighted by Gasteiger charge is 2.20. The molecule has 18 heavy (non-hydrogen) atoms. The maximum absolute atomic E-state index is 4.78. The highest BCUT2D eigenvalue weighted by Crippen LogP contribution is 2.19. The average Bonchev–Trinajstić information content (AvgIpc) is 2.39. The number of likely N-dealkylation sites (N-methyl/N-ethyl adjacent to an activating group) is 1. The fourth-order valence-electron chi connectivity index (χ4n) is 2.48. The van der Waals surface area contributed by atoms with Gasteiger partial charge in [-0.25, -0.2) is 9.97 Å². The van der Waals surface area contributed by atoms with Gasteiger partial charge in [-0.05, 0) is 19.1 Å². The number of hydrogen-bond donors (Lipinski definition) is 1. The fraction of sp³-hybridized carbons (Fsp3) is 0.429. The molecule has 1 aliphatic heterocycles. The molecule has 0 saturated carbocycles. The largest absolute Gasteiger partial charge is 0.344 e. The quantitative estimate of drug-likeness (QED) is 0.781. The van der Waals surface area contributed by atoms with Crippen molar-refractivity contribution in [2.45, 2.75) is 6.92 Å². The lowest BCUT2D eigenvalue weighted by atomic mass is 10.2. The van der Waals surface area contributed by atoms with Crippen molar-refractivity contribution in [3.8, 4) is 0 Å². The molecule has 0 unspecified atom stereocenters. The number of para-hydroxylation sites is 2. The Balaban J connectivity index is 1.98. The Morgan fingerprint density at radius 2 is 1.67 bits per heavy atom. The SMILES string of the molecule is Cc1nc2ccccc2nc1N1CC[NH+](C)CC1. The van der Waals surface area contributed by atoms with E-state index in [4.69, 9.17) is 4.98 Å². The molecule has 1 aromatic carbocycles. The van der Waals surface area contributed by atoms with E-state index in [0.29, 0.717) is 0 Å². The molecular formula is C14H19N4+. The van der Waals surface area contributed by atoms with Crippen molar-refractivity contribution in [2.75, 3.05) is 38.1 Å². The van der Waals surface area contributed by atoms with Crippen molar-refractivity contribution in [1.29, 1.82) is 0 Å². The van der Waals surface area contributed by atoms with Gasteiger partial charge in [0, 0.05) is 0 Å². The molecule has 0 spiro atoms. The molecule has 94 valence electrons. The predicted octanol–water partition coefficient (Wildman–Crippen LogP) is 0.273. The molecule has 2 heterocycles. The molecule has 1 N–H and O–H groups in total. The van der Waals surface area contributed by atoms with Crippen molar-refractivity contribution in [3.63, 3.8) is 0 Å². The van der Waals surface area contributed by atoms with Crippen LogP contribution >= 0.6 is 0 Å². The molecule has 0 radical (unpaired) electrons. The summed E-state index contributed by atoms with van der Waals surface area (Å²) in [6, 6.07) is 8.08. The molecule has 3 rings (SSSR count). The second-order valence-electron chi connectivity index (χ2n) is 5.07. The summed E-state index contributed by atoms with van der Waals surface area (Å²) >= 11 is 0. The Morgan fingerprint density at radius 3 is 2.33 bits per heavy atom. The highest BCUT2D eigenvalue weighted by molar-refractivity contribution is 5.76. The molecule has 0 bridgehead atoms. The lowest BCUT2D eigenvalue weighted by Gasteiger charge is -2.31. The Morgan fingerprint density at radius 1 is 1.06 bits per heavy atom. The molecule has 4 nitrogen and oxygen atoms in total. The van der Waals surface area contributed by atoms with E-state index in [1.807, 2.05) is 24.3 Å². The first-order valence-corrected chi connectivity index (χ1v) is 6.53. The first-order valence-electron chi connectivity index (χ1n) is 6.53. The van der Waals surface area contributed by atoms with E-state index in [-0.39, 0.29) is 0 Å². The number of aryl methyl sites for hydroxylation is 1. The molecule has 0 aliphatic carbocycles. The summed E-state index contributed by atoms with van der Waals surface area (Å²) in [6.45, 7) is 6.54. The summed E-state index contributed by atoms with van der Waals surface area (Å²) in [4.78, 5) is 13.4. The van der Waals surface area contributed by atoms with Gasteiger partial charge in [0.25, 0.3) is 0 Å². The highest BCUT2D eigenvalue weighted by atomic mass is 15.3. The van der Waals surface area contributed by atoms with E-state index < -0.39 is 0 Å². The standard InChI is InChI=1S/C14H18N4/c1-11-14(18-9-7-17(2)8-10-18)16-13-6-4-3-5-12(13)15-11/h3-6H,7-10H2,1-2H3/p+1. The number of quaternary nitrogens is 1. The maximum Gasteiger partial charge on any atom is 0.151 e. The zero-order valence-electron chi connectivity index (χ0n) is 11.0. The van der Waals surface area contributed by atoms with Crippen molar-refractivity contribution in [2.24, 2.45) is 0 Å². The zero-order chi connectivity index (χ0) is 12.5. The van der Waals surface area contributed by atoms with Crippen molar-refractivity contribution >= 4 is 16.9 Å². The average molecular weight is 243 g/mol. The van der Waals surface area contributed by atoms with Crippen LogP contribution in [0.1, 0.15) is 5.69 Å². The number of aromatic nitrogens is 2. The number of rotatable bonds is 1. The summed E-state index contributed by atoms with van der Waals surface area (Å²) < 4.78 is 0. The molecule has 2 aromatic rings. The molecule has 1 aromatic heterocycles. The Hall–Kier alpha value is -1.68. The molecular weight excluding hydrogens is 224 g/mol. The van der Waals surface area contributed by atoms with Crippen LogP contribution in [0.5, 0.6) is 0 Å². The maximum atomic E-state index is 4.78. The van der Waals surface area contributed by atoms with E-state index in [1.165, 1.54) is 13.1 Å². The van der Waals surface area contributed by atoms with Gasteiger partial charge in [0.15, 0.2) is 5.82 Å². The predicted molar refractivity (Wildman–Crippen MR) is 73.1 cm³/mol. The van der Waals surface area contributed by atoms with Gasteiger partial charge in [-0.1, -0.05) is 12.1 Å². The van der Waals surface area contributed by atoms with Crippen LogP contribution in [0.15, 0.2) is 24.3 Å². The minimum Gasteiger partial charge on any atom is -0.344 e. The van der Waals surface area contributed by atoms with Crippen LogP contribution in [0.2, 0.25) is 0 Å². The summed E-state index contributed by atoms with van der Waals surface area (Å²) in [6.07, 6.45) is 0. The smallest absolute Gasteiger partial charge is 0.151 e. The van der Waals surface area contributed by atoms with Gasteiger partial charge < -0.3 is 9.80 Å². The van der Waals surface area contributed by atoms with Crippen LogP contribution in [0, 0.1) is 6.92 Å². The van der Waals surface area contributed by atoms with E-state index in [9.17, 15) is 0 Å². The van der Waals surface area contributed by atoms with E-state index in [1.54, 1.807) is 4.90 Å². The second kappa shape index (κ2) is 4.53. The normalized spacial score (nSPS) is 17.3. The third kappa shape index (κ3) is 2.04. The van der Waals surface area contributed by atoms with Gasteiger partial charge in [-0.15, -0.1) is 0 Å². The molecule has 0 atom stereocenters. The number of nitrogens with zero attached hydrogens (tertiary/aromatic N) is 3. The molecule has 4 heteroatoms. The van der Waals surface area contributed by atoms with E-state index in [2.05, 4.69) is 23.9 Å². The number of piperazine rings is 1. The summed E-state index contributed by atoms with van der Waals surface area (Å²) in [5.74, 6) is 1.06. The molecule has 1 fully saturated rings. The fourth-order valence-corrected chi connectivity index (χ4v) is 2.48. The number of hydrogen-bond acceptors (Lipinski definition) is 3. The van der Waals surface area contributed by atoms with Crippen LogP contribution in [0.4, 0.5) is 5.82 Å². The summed E-state index contributed by atoms with van der Waals surface area (Å²) in [7, 11) is 2.25. The second-order valence-corrected chi connectivity index (χ2v) is 5.07. The van der Waals surface area contributed by atoms with Gasteiger partial charge in [0.1, 0.15) is 0 Å². The van der Waals surface area contributed by atoms with Crippen LogP contribution in [0.3, 0.4) is 0 Å². The number of benzene rings is 1. The lowest BCUT2D eigenvalue weighted by Crippen LogP contribution is -3.12. The van der Waals surface area contributed by atoms with Crippen molar-refractivity contribution in [3.05, 3.63) is 30.0 Å². The van der Waals surface area contributed by atoms with Gasteiger partial charge >= 0.3 is 0 Å². The van der Waals surface area contributed by atoms with Crippen molar-refractivity contribution in [1.82, 2.24) is 9.97 Å². The first-order chi connectivity index (χ1) is 8.74. The first kappa shape index (κ1) is 11.4. The Bertz CT molecular complexity index is 559. The monoisotopic (exact) mass is 243 g/mol.